The van der Waals surface area contributed by atoms with Crippen LogP contribution in [0.5, 0.6) is 0 Å². The highest BCUT2D eigenvalue weighted by molar-refractivity contribution is 5.06. The van der Waals surface area contributed by atoms with Gasteiger partial charge in [0.25, 0.3) is 0 Å². The van der Waals surface area contributed by atoms with Crippen LogP contribution in [0.25, 0.3) is 0 Å². The van der Waals surface area contributed by atoms with Gasteiger partial charge in [-0.15, -0.1) is 0 Å². The first kappa shape index (κ1) is 11.2. The van der Waals surface area contributed by atoms with Crippen molar-refractivity contribution in [3.05, 3.63) is 11.6 Å². The number of hydrogen-bond acceptors (Lipinski definition) is 4. The lowest BCUT2D eigenvalue weighted by atomic mass is 10.0. The van der Waals surface area contributed by atoms with Crippen molar-refractivity contribution in [1.82, 2.24) is 20.1 Å². The number of aliphatic hydroxyl groups excluding tert-OH is 1. The lowest BCUT2D eigenvalue weighted by Crippen LogP contribution is -2.27. The van der Waals surface area contributed by atoms with E-state index in [0.29, 0.717) is 6.04 Å². The maximum absolute atomic E-state index is 9.36. The maximum atomic E-state index is 9.36. The van der Waals surface area contributed by atoms with E-state index in [-0.39, 0.29) is 12.5 Å². The molecule has 1 fully saturated rings. The van der Waals surface area contributed by atoms with Crippen molar-refractivity contribution in [2.75, 3.05) is 13.2 Å². The van der Waals surface area contributed by atoms with Gasteiger partial charge in [0, 0.05) is 12.5 Å². The molecule has 0 radical (unpaired) electrons. The molecular weight excluding hydrogens is 216 g/mol. The fraction of sp³-hybridized carbons (Fsp3) is 0.833. The molecule has 1 saturated heterocycles. The van der Waals surface area contributed by atoms with Crippen LogP contribution in [0.3, 0.4) is 0 Å². The van der Waals surface area contributed by atoms with Gasteiger partial charge in [-0.3, -0.25) is 0 Å². The van der Waals surface area contributed by atoms with Crippen molar-refractivity contribution in [2.24, 2.45) is 0 Å². The first-order valence-electron chi connectivity index (χ1n) is 6.67. The van der Waals surface area contributed by atoms with Gasteiger partial charge in [0.05, 0.1) is 12.6 Å². The van der Waals surface area contributed by atoms with Crippen LogP contribution in [0.2, 0.25) is 0 Å². The summed E-state index contributed by atoms with van der Waals surface area (Å²) in [5.74, 6) is 2.11. The van der Waals surface area contributed by atoms with Crippen LogP contribution in [-0.2, 0) is 6.54 Å². The highest BCUT2D eigenvalue weighted by Gasteiger charge is 2.26. The molecule has 2 aliphatic rings. The van der Waals surface area contributed by atoms with Crippen molar-refractivity contribution in [2.45, 2.75) is 50.6 Å². The number of aryl methyl sites for hydroxylation is 1. The molecule has 0 saturated carbocycles. The smallest absolute Gasteiger partial charge is 0.167 e. The zero-order chi connectivity index (χ0) is 11.7. The zero-order valence-corrected chi connectivity index (χ0v) is 10.1. The second-order valence-electron chi connectivity index (χ2n) is 5.08. The van der Waals surface area contributed by atoms with Crippen molar-refractivity contribution in [3.63, 3.8) is 0 Å². The van der Waals surface area contributed by atoms with Gasteiger partial charge < -0.3 is 10.4 Å². The maximum Gasteiger partial charge on any atom is 0.167 e. The Kier molecular flexibility index (Phi) is 3.11. The summed E-state index contributed by atoms with van der Waals surface area (Å²) in [6.07, 6.45) is 5.77. The summed E-state index contributed by atoms with van der Waals surface area (Å²) in [5.41, 5.74) is 0. The monoisotopic (exact) mass is 236 g/mol. The average Bonchev–Trinajstić information content (AvgIpc) is 2.83. The van der Waals surface area contributed by atoms with Crippen molar-refractivity contribution in [1.29, 1.82) is 0 Å². The number of fused-ring (bicyclic) bond motifs is 1. The van der Waals surface area contributed by atoms with E-state index in [1.807, 2.05) is 4.68 Å². The summed E-state index contributed by atoms with van der Waals surface area (Å²) >= 11 is 0. The predicted molar refractivity (Wildman–Crippen MR) is 63.7 cm³/mol. The van der Waals surface area contributed by atoms with Gasteiger partial charge in [0.2, 0.25) is 0 Å². The Morgan fingerprint density at radius 3 is 3.00 bits per heavy atom. The van der Waals surface area contributed by atoms with Gasteiger partial charge in [0.1, 0.15) is 5.82 Å². The van der Waals surface area contributed by atoms with E-state index < -0.39 is 0 Å². The molecular formula is C12H20N4O. The molecule has 1 aromatic rings. The number of nitrogens with zero attached hydrogens (tertiary/aromatic N) is 3. The van der Waals surface area contributed by atoms with E-state index in [4.69, 9.17) is 0 Å². The third-order valence-corrected chi connectivity index (χ3v) is 3.85. The SMILES string of the molecule is OCC1CCCn2nc(C3CCCCN3)nc21. The summed E-state index contributed by atoms with van der Waals surface area (Å²) in [6, 6.07) is 0.321. The quantitative estimate of drug-likeness (QED) is 0.803. The van der Waals surface area contributed by atoms with Crippen LogP contribution >= 0.6 is 0 Å². The molecule has 0 aliphatic carbocycles. The predicted octanol–water partition coefficient (Wildman–Crippen LogP) is 0.962. The molecule has 17 heavy (non-hydrogen) atoms. The van der Waals surface area contributed by atoms with Crippen LogP contribution in [0.4, 0.5) is 0 Å². The number of rotatable bonds is 2. The summed E-state index contributed by atoms with van der Waals surface area (Å²) in [4.78, 5) is 4.66. The highest BCUT2D eigenvalue weighted by Crippen LogP contribution is 2.27. The molecule has 5 nitrogen and oxygen atoms in total. The third kappa shape index (κ3) is 2.09. The van der Waals surface area contributed by atoms with Crippen molar-refractivity contribution >= 4 is 0 Å². The topological polar surface area (TPSA) is 63.0 Å². The van der Waals surface area contributed by atoms with E-state index in [0.717, 1.165) is 44.0 Å². The van der Waals surface area contributed by atoms with Gasteiger partial charge in [-0.05, 0) is 32.2 Å². The molecule has 2 unspecified atom stereocenters. The molecule has 0 spiro atoms. The molecule has 3 heterocycles. The van der Waals surface area contributed by atoms with E-state index in [1.165, 1.54) is 12.8 Å². The summed E-state index contributed by atoms with van der Waals surface area (Å²) in [5, 5.41) is 17.4. The molecule has 3 rings (SSSR count). The van der Waals surface area contributed by atoms with E-state index in [1.54, 1.807) is 0 Å². The second kappa shape index (κ2) is 4.74. The number of nitrogens with one attached hydrogen (secondary N) is 1. The molecule has 1 aromatic heterocycles. The normalized spacial score (nSPS) is 29.0. The molecule has 94 valence electrons. The largest absolute Gasteiger partial charge is 0.396 e. The van der Waals surface area contributed by atoms with Gasteiger partial charge in [-0.1, -0.05) is 6.42 Å². The van der Waals surface area contributed by atoms with E-state index in [9.17, 15) is 5.11 Å². The van der Waals surface area contributed by atoms with Crippen LogP contribution in [0.1, 0.15) is 55.7 Å². The van der Waals surface area contributed by atoms with Gasteiger partial charge in [0.15, 0.2) is 5.82 Å². The fourth-order valence-corrected chi connectivity index (χ4v) is 2.85. The standard InChI is InChI=1S/C12H20N4O/c17-8-9-4-3-7-16-12(9)14-11(15-16)10-5-1-2-6-13-10/h9-10,13,17H,1-8H2. The molecule has 2 aliphatic heterocycles. The number of hydrogen-bond donors (Lipinski definition) is 2. The van der Waals surface area contributed by atoms with Crippen LogP contribution in [0, 0.1) is 0 Å². The Hall–Kier alpha value is -0.940. The molecule has 2 atom stereocenters. The van der Waals surface area contributed by atoms with Crippen LogP contribution < -0.4 is 5.32 Å². The fourth-order valence-electron chi connectivity index (χ4n) is 2.85. The summed E-state index contributed by atoms with van der Waals surface area (Å²) < 4.78 is 2.00. The molecule has 0 amide bonds. The Labute approximate surface area is 101 Å². The van der Waals surface area contributed by atoms with Crippen molar-refractivity contribution < 1.29 is 5.11 Å². The number of aliphatic hydroxyl groups is 1. The van der Waals surface area contributed by atoms with Crippen LogP contribution in [0.15, 0.2) is 0 Å². The summed E-state index contributed by atoms with van der Waals surface area (Å²) in [7, 11) is 0. The number of piperidine rings is 1. The zero-order valence-electron chi connectivity index (χ0n) is 10.1. The van der Waals surface area contributed by atoms with Crippen molar-refractivity contribution in [3.8, 4) is 0 Å². The minimum absolute atomic E-state index is 0.189. The van der Waals surface area contributed by atoms with Gasteiger partial charge in [-0.2, -0.15) is 5.10 Å². The molecule has 0 bridgehead atoms. The van der Waals surface area contributed by atoms with E-state index >= 15 is 0 Å². The van der Waals surface area contributed by atoms with Crippen LogP contribution in [-0.4, -0.2) is 33.0 Å². The minimum atomic E-state index is 0.189. The minimum Gasteiger partial charge on any atom is -0.396 e. The van der Waals surface area contributed by atoms with E-state index in [2.05, 4.69) is 15.4 Å². The Morgan fingerprint density at radius 2 is 2.24 bits per heavy atom. The average molecular weight is 236 g/mol. The third-order valence-electron chi connectivity index (χ3n) is 3.85. The molecule has 5 heteroatoms. The molecule has 0 aromatic carbocycles. The number of aromatic nitrogens is 3. The first-order valence-corrected chi connectivity index (χ1v) is 6.67. The van der Waals surface area contributed by atoms with Gasteiger partial charge in [-0.25, -0.2) is 9.67 Å². The lowest BCUT2D eigenvalue weighted by molar-refractivity contribution is 0.234. The lowest BCUT2D eigenvalue weighted by Gasteiger charge is -2.20. The van der Waals surface area contributed by atoms with Gasteiger partial charge >= 0.3 is 0 Å². The first-order chi connectivity index (χ1) is 8.38. The Balaban J connectivity index is 1.84. The highest BCUT2D eigenvalue weighted by atomic mass is 16.3. The second-order valence-corrected chi connectivity index (χ2v) is 5.08. The molecule has 2 N–H and O–H groups in total. The summed E-state index contributed by atoms with van der Waals surface area (Å²) in [6.45, 7) is 2.21. The Morgan fingerprint density at radius 1 is 1.29 bits per heavy atom. The Bertz CT molecular complexity index is 384.